The molecule has 0 aliphatic carbocycles. The summed E-state index contributed by atoms with van der Waals surface area (Å²) < 4.78 is 0. The molecule has 2 amide bonds. The van der Waals surface area contributed by atoms with Gasteiger partial charge in [0, 0.05) is 12.2 Å². The second-order valence-corrected chi connectivity index (χ2v) is 9.09. The minimum atomic E-state index is -0.346. The predicted octanol–water partition coefficient (Wildman–Crippen LogP) is 3.52. The Morgan fingerprint density at radius 2 is 2.04 bits per heavy atom. The summed E-state index contributed by atoms with van der Waals surface area (Å²) in [7, 11) is 0. The maximum Gasteiger partial charge on any atom is 0.244 e. The van der Waals surface area contributed by atoms with Crippen LogP contribution in [-0.2, 0) is 16.0 Å². The molecule has 0 unspecified atom stereocenters. The van der Waals surface area contributed by atoms with Crippen molar-refractivity contribution in [3.05, 3.63) is 35.4 Å². The van der Waals surface area contributed by atoms with E-state index in [9.17, 15) is 9.59 Å². The second kappa shape index (κ2) is 7.02. The lowest BCUT2D eigenvalue weighted by atomic mass is 9.94. The van der Waals surface area contributed by atoms with Crippen LogP contribution in [0.3, 0.4) is 0 Å². The molecule has 3 rings (SSSR count). The molecular weight excluding hydrogens is 332 g/mol. The Labute approximate surface area is 154 Å². The van der Waals surface area contributed by atoms with Crippen molar-refractivity contribution in [2.75, 3.05) is 5.75 Å². The Morgan fingerprint density at radius 3 is 2.64 bits per heavy atom. The maximum absolute atomic E-state index is 13.0. The molecule has 136 valence electrons. The van der Waals surface area contributed by atoms with Gasteiger partial charge in [0.05, 0.1) is 10.9 Å². The monoisotopic (exact) mass is 360 g/mol. The Morgan fingerprint density at radius 1 is 1.36 bits per heavy atom. The van der Waals surface area contributed by atoms with E-state index < -0.39 is 0 Å². The summed E-state index contributed by atoms with van der Waals surface area (Å²) in [5.41, 5.74) is 2.42. The molecule has 2 fully saturated rings. The Balaban J connectivity index is 1.76. The van der Waals surface area contributed by atoms with Crippen LogP contribution >= 0.6 is 11.8 Å². The highest BCUT2D eigenvalue weighted by atomic mass is 32.2. The molecule has 25 heavy (non-hydrogen) atoms. The molecule has 5 heteroatoms. The number of amides is 2. The SMILES string of the molecule is CCc1ccc([C@H](NC(=O)[C@@H]2CS[C@@]3(C)CCC(=O)N23)C(C)C)cc1. The molecule has 1 aromatic carbocycles. The number of carbonyl (C=O) groups is 2. The lowest BCUT2D eigenvalue weighted by Gasteiger charge is -2.31. The molecule has 4 nitrogen and oxygen atoms in total. The lowest BCUT2D eigenvalue weighted by molar-refractivity contribution is -0.138. The Hall–Kier alpha value is -1.49. The number of fused-ring (bicyclic) bond motifs is 1. The first-order valence-electron chi connectivity index (χ1n) is 9.21. The third-order valence-electron chi connectivity index (χ3n) is 5.46. The number of hydrogen-bond donors (Lipinski definition) is 1. The smallest absolute Gasteiger partial charge is 0.244 e. The number of nitrogens with zero attached hydrogens (tertiary/aromatic N) is 1. The van der Waals surface area contributed by atoms with Crippen LogP contribution in [-0.4, -0.2) is 33.4 Å². The molecule has 2 aliphatic rings. The van der Waals surface area contributed by atoms with E-state index in [1.165, 1.54) is 5.56 Å². The normalized spacial score (nSPS) is 26.8. The maximum atomic E-state index is 13.0. The fourth-order valence-electron chi connectivity index (χ4n) is 3.86. The number of carbonyl (C=O) groups excluding carboxylic acids is 2. The molecule has 1 aromatic rings. The van der Waals surface area contributed by atoms with E-state index in [0.29, 0.717) is 12.2 Å². The molecule has 0 spiro atoms. The zero-order chi connectivity index (χ0) is 18.2. The van der Waals surface area contributed by atoms with E-state index in [1.54, 1.807) is 11.8 Å². The van der Waals surface area contributed by atoms with Crippen molar-refractivity contribution in [1.29, 1.82) is 0 Å². The molecule has 0 aromatic heterocycles. The van der Waals surface area contributed by atoms with Crippen molar-refractivity contribution >= 4 is 23.6 Å². The number of aryl methyl sites for hydroxylation is 1. The van der Waals surface area contributed by atoms with Crippen LogP contribution in [0.15, 0.2) is 24.3 Å². The van der Waals surface area contributed by atoms with Crippen molar-refractivity contribution in [1.82, 2.24) is 10.2 Å². The number of nitrogens with one attached hydrogen (secondary N) is 1. The van der Waals surface area contributed by atoms with E-state index in [1.807, 2.05) is 4.90 Å². The van der Waals surface area contributed by atoms with Crippen LogP contribution in [0.5, 0.6) is 0 Å². The first-order valence-corrected chi connectivity index (χ1v) is 10.2. The van der Waals surface area contributed by atoms with Gasteiger partial charge in [-0.2, -0.15) is 0 Å². The Kier molecular flexibility index (Phi) is 5.14. The molecule has 0 saturated carbocycles. The van der Waals surface area contributed by atoms with Gasteiger partial charge in [0.1, 0.15) is 6.04 Å². The third-order valence-corrected chi connectivity index (χ3v) is 6.96. The van der Waals surface area contributed by atoms with Gasteiger partial charge in [0.15, 0.2) is 0 Å². The molecule has 2 heterocycles. The molecule has 0 bridgehead atoms. The average molecular weight is 361 g/mol. The molecule has 2 aliphatic heterocycles. The van der Waals surface area contributed by atoms with E-state index in [0.717, 1.165) is 18.4 Å². The van der Waals surface area contributed by atoms with E-state index in [-0.39, 0.29) is 34.7 Å². The lowest BCUT2D eigenvalue weighted by Crippen LogP contribution is -2.51. The molecule has 3 atom stereocenters. The minimum Gasteiger partial charge on any atom is -0.347 e. The number of rotatable bonds is 5. The summed E-state index contributed by atoms with van der Waals surface area (Å²) in [6.45, 7) is 8.46. The minimum absolute atomic E-state index is 0.0234. The zero-order valence-corrected chi connectivity index (χ0v) is 16.4. The standard InChI is InChI=1S/C20H28N2O2S/c1-5-14-6-8-15(9-7-14)18(13(2)3)21-19(24)16-12-25-20(4)11-10-17(23)22(16)20/h6-9,13,16,18H,5,10-12H2,1-4H3,(H,21,24)/t16-,18+,20-/m0/s1. The second-order valence-electron chi connectivity index (χ2n) is 7.59. The van der Waals surface area contributed by atoms with Crippen molar-refractivity contribution < 1.29 is 9.59 Å². The van der Waals surface area contributed by atoms with Crippen LogP contribution in [0.25, 0.3) is 0 Å². The molecule has 2 saturated heterocycles. The van der Waals surface area contributed by atoms with Gasteiger partial charge >= 0.3 is 0 Å². The van der Waals surface area contributed by atoms with Gasteiger partial charge < -0.3 is 10.2 Å². The van der Waals surface area contributed by atoms with E-state index >= 15 is 0 Å². The van der Waals surface area contributed by atoms with Crippen LogP contribution in [0.2, 0.25) is 0 Å². The highest BCUT2D eigenvalue weighted by Gasteiger charge is 2.53. The molecule has 0 radical (unpaired) electrons. The van der Waals surface area contributed by atoms with Crippen molar-refractivity contribution in [3.8, 4) is 0 Å². The van der Waals surface area contributed by atoms with Gasteiger partial charge in [-0.05, 0) is 36.8 Å². The van der Waals surface area contributed by atoms with Gasteiger partial charge in [-0.25, -0.2) is 0 Å². The third kappa shape index (κ3) is 3.43. The van der Waals surface area contributed by atoms with Crippen molar-refractivity contribution in [2.45, 2.75) is 63.9 Å². The van der Waals surface area contributed by atoms with Crippen LogP contribution in [0, 0.1) is 5.92 Å². The highest BCUT2D eigenvalue weighted by Crippen LogP contribution is 2.47. The van der Waals surface area contributed by atoms with Gasteiger partial charge in [-0.3, -0.25) is 9.59 Å². The fraction of sp³-hybridized carbons (Fsp3) is 0.600. The molecule has 1 N–H and O–H groups in total. The number of benzene rings is 1. The average Bonchev–Trinajstić information content (AvgIpc) is 3.09. The number of thioether (sulfide) groups is 1. The fourth-order valence-corrected chi connectivity index (χ4v) is 5.29. The van der Waals surface area contributed by atoms with Gasteiger partial charge in [-0.15, -0.1) is 11.8 Å². The predicted molar refractivity (Wildman–Crippen MR) is 102 cm³/mol. The zero-order valence-electron chi connectivity index (χ0n) is 15.5. The highest BCUT2D eigenvalue weighted by molar-refractivity contribution is 8.01. The first kappa shape index (κ1) is 18.3. The van der Waals surface area contributed by atoms with Crippen LogP contribution < -0.4 is 5.32 Å². The van der Waals surface area contributed by atoms with Gasteiger partial charge in [0.2, 0.25) is 11.8 Å². The van der Waals surface area contributed by atoms with Crippen molar-refractivity contribution in [3.63, 3.8) is 0 Å². The van der Waals surface area contributed by atoms with Crippen LogP contribution in [0.4, 0.5) is 0 Å². The Bertz CT molecular complexity index is 658. The van der Waals surface area contributed by atoms with Gasteiger partial charge in [0.25, 0.3) is 0 Å². The first-order chi connectivity index (χ1) is 11.9. The summed E-state index contributed by atoms with van der Waals surface area (Å²) in [6.07, 6.45) is 2.40. The molecular formula is C20H28N2O2S. The largest absolute Gasteiger partial charge is 0.347 e. The number of hydrogen-bond acceptors (Lipinski definition) is 3. The van der Waals surface area contributed by atoms with Crippen molar-refractivity contribution in [2.24, 2.45) is 5.92 Å². The topological polar surface area (TPSA) is 49.4 Å². The summed E-state index contributed by atoms with van der Waals surface area (Å²) in [6, 6.07) is 8.10. The van der Waals surface area contributed by atoms with E-state index in [2.05, 4.69) is 57.3 Å². The quantitative estimate of drug-likeness (QED) is 0.874. The van der Waals surface area contributed by atoms with E-state index in [4.69, 9.17) is 0 Å². The van der Waals surface area contributed by atoms with Gasteiger partial charge in [-0.1, -0.05) is 45.0 Å². The summed E-state index contributed by atoms with van der Waals surface area (Å²) in [5.74, 6) is 1.06. The summed E-state index contributed by atoms with van der Waals surface area (Å²) in [5, 5.41) is 3.22. The summed E-state index contributed by atoms with van der Waals surface area (Å²) >= 11 is 1.74. The van der Waals surface area contributed by atoms with Crippen LogP contribution in [0.1, 0.15) is 57.7 Å². The summed E-state index contributed by atoms with van der Waals surface area (Å²) in [4.78, 5) is 26.9.